The highest BCUT2D eigenvalue weighted by Gasteiger charge is 2.35. The molecule has 0 spiro atoms. The SMILES string of the molecule is CC[C@H](C(N)=O)N1CC(CNC(=O)CSC2CCCCCCCCCC2)CC1=O. The Kier molecular flexibility index (Phi) is 10.9. The van der Waals surface area contributed by atoms with Crippen molar-refractivity contribution in [2.45, 2.75) is 95.3 Å². The van der Waals surface area contributed by atoms with Gasteiger partial charge < -0.3 is 16.0 Å². The third-order valence-electron chi connectivity index (χ3n) is 6.17. The maximum Gasteiger partial charge on any atom is 0.240 e. The number of likely N-dealkylation sites (tertiary alicyclic amines) is 1. The zero-order chi connectivity index (χ0) is 21.1. The number of primary amides is 1. The molecular formula is C22H39N3O3S. The molecule has 1 saturated carbocycles. The quantitative estimate of drug-likeness (QED) is 0.624. The van der Waals surface area contributed by atoms with E-state index in [4.69, 9.17) is 5.73 Å². The van der Waals surface area contributed by atoms with Crippen molar-refractivity contribution in [2.24, 2.45) is 11.7 Å². The summed E-state index contributed by atoms with van der Waals surface area (Å²) in [4.78, 5) is 37.6. The lowest BCUT2D eigenvalue weighted by molar-refractivity contribution is -0.136. The molecule has 0 aromatic heterocycles. The molecule has 2 fully saturated rings. The summed E-state index contributed by atoms with van der Waals surface area (Å²) >= 11 is 1.80. The molecule has 7 heteroatoms. The van der Waals surface area contributed by atoms with Crippen molar-refractivity contribution in [3.8, 4) is 0 Å². The van der Waals surface area contributed by atoms with E-state index in [9.17, 15) is 14.4 Å². The number of nitrogens with two attached hydrogens (primary N) is 1. The summed E-state index contributed by atoms with van der Waals surface area (Å²) in [6.45, 7) is 2.84. The maximum absolute atomic E-state index is 12.3. The molecule has 1 aliphatic carbocycles. The van der Waals surface area contributed by atoms with E-state index in [1.807, 2.05) is 6.92 Å². The Bertz CT molecular complexity index is 531. The van der Waals surface area contributed by atoms with Crippen molar-refractivity contribution < 1.29 is 14.4 Å². The van der Waals surface area contributed by atoms with E-state index in [1.54, 1.807) is 16.7 Å². The van der Waals surface area contributed by atoms with E-state index in [2.05, 4.69) is 5.32 Å². The molecule has 1 saturated heterocycles. The van der Waals surface area contributed by atoms with Crippen molar-refractivity contribution in [2.75, 3.05) is 18.8 Å². The molecule has 2 atom stereocenters. The number of thioether (sulfide) groups is 1. The molecule has 2 rings (SSSR count). The average molecular weight is 426 g/mol. The molecule has 6 nitrogen and oxygen atoms in total. The molecule has 0 radical (unpaired) electrons. The standard InChI is InChI=1S/C22H39N3O3S/c1-2-19(22(23)28)25-15-17(13-21(25)27)14-24-20(26)16-29-18-11-9-7-5-3-4-6-8-10-12-18/h17-19H,2-16H2,1H3,(H2,23,28)(H,24,26)/t17?,19-/m1/s1. The molecule has 166 valence electrons. The number of hydrogen-bond acceptors (Lipinski definition) is 4. The Morgan fingerprint density at radius 3 is 2.24 bits per heavy atom. The highest BCUT2D eigenvalue weighted by Crippen LogP contribution is 2.26. The van der Waals surface area contributed by atoms with Crippen LogP contribution in [0.3, 0.4) is 0 Å². The van der Waals surface area contributed by atoms with Crippen molar-refractivity contribution >= 4 is 29.5 Å². The van der Waals surface area contributed by atoms with Crippen molar-refractivity contribution in [1.82, 2.24) is 10.2 Å². The lowest BCUT2D eigenvalue weighted by Gasteiger charge is -2.24. The fourth-order valence-electron chi connectivity index (χ4n) is 4.44. The predicted molar refractivity (Wildman–Crippen MR) is 119 cm³/mol. The van der Waals surface area contributed by atoms with Crippen LogP contribution in [-0.2, 0) is 14.4 Å². The number of nitrogens with zero attached hydrogens (tertiary/aromatic N) is 1. The minimum atomic E-state index is -0.532. The summed E-state index contributed by atoms with van der Waals surface area (Å²) < 4.78 is 0. The van der Waals surface area contributed by atoms with Gasteiger partial charge in [0.15, 0.2) is 0 Å². The topological polar surface area (TPSA) is 92.5 Å². The van der Waals surface area contributed by atoms with Crippen LogP contribution in [0.2, 0.25) is 0 Å². The molecule has 1 aliphatic heterocycles. The van der Waals surface area contributed by atoms with Gasteiger partial charge in [0.25, 0.3) is 0 Å². The van der Waals surface area contributed by atoms with Crippen molar-refractivity contribution in [3.05, 3.63) is 0 Å². The normalized spacial score (nSPS) is 23.4. The summed E-state index contributed by atoms with van der Waals surface area (Å²) in [6.07, 6.45) is 14.0. The number of nitrogens with one attached hydrogen (secondary N) is 1. The molecular weight excluding hydrogens is 386 g/mol. The summed E-state index contributed by atoms with van der Waals surface area (Å²) in [7, 11) is 0. The van der Waals surface area contributed by atoms with Crippen LogP contribution >= 0.6 is 11.8 Å². The van der Waals surface area contributed by atoms with Crippen LogP contribution < -0.4 is 11.1 Å². The molecule has 1 heterocycles. The third-order valence-corrected chi connectivity index (χ3v) is 7.54. The molecule has 0 aromatic carbocycles. The van der Waals surface area contributed by atoms with Gasteiger partial charge in [-0.15, -0.1) is 11.8 Å². The van der Waals surface area contributed by atoms with Gasteiger partial charge in [-0.25, -0.2) is 0 Å². The van der Waals surface area contributed by atoms with Gasteiger partial charge in [0.1, 0.15) is 6.04 Å². The second-order valence-electron chi connectivity index (χ2n) is 8.59. The molecule has 0 bridgehead atoms. The maximum atomic E-state index is 12.3. The lowest BCUT2D eigenvalue weighted by atomic mass is 10.1. The fourth-order valence-corrected chi connectivity index (χ4v) is 5.60. The van der Waals surface area contributed by atoms with Crippen LogP contribution in [0.1, 0.15) is 84.0 Å². The zero-order valence-electron chi connectivity index (χ0n) is 18.0. The van der Waals surface area contributed by atoms with Crippen LogP contribution in [-0.4, -0.2) is 52.8 Å². The van der Waals surface area contributed by atoms with Crippen LogP contribution in [0, 0.1) is 5.92 Å². The summed E-state index contributed by atoms with van der Waals surface area (Å²) in [5.74, 6) is 0.109. The first-order chi connectivity index (χ1) is 14.0. The Morgan fingerprint density at radius 1 is 1.10 bits per heavy atom. The first-order valence-corrected chi connectivity index (χ1v) is 12.5. The van der Waals surface area contributed by atoms with Gasteiger partial charge in [-0.05, 0) is 19.3 Å². The smallest absolute Gasteiger partial charge is 0.240 e. The highest BCUT2D eigenvalue weighted by atomic mass is 32.2. The van der Waals surface area contributed by atoms with Crippen LogP contribution in [0.4, 0.5) is 0 Å². The molecule has 3 N–H and O–H groups in total. The third kappa shape index (κ3) is 8.57. The van der Waals surface area contributed by atoms with Gasteiger partial charge in [0.2, 0.25) is 17.7 Å². The Morgan fingerprint density at radius 2 is 1.69 bits per heavy atom. The predicted octanol–water partition coefficient (Wildman–Crippen LogP) is 3.23. The molecule has 2 aliphatic rings. The number of rotatable bonds is 8. The van der Waals surface area contributed by atoms with E-state index in [-0.39, 0.29) is 17.7 Å². The van der Waals surface area contributed by atoms with Crippen molar-refractivity contribution in [1.29, 1.82) is 0 Å². The molecule has 0 aromatic rings. The Labute approximate surface area is 180 Å². The zero-order valence-corrected chi connectivity index (χ0v) is 18.8. The molecule has 29 heavy (non-hydrogen) atoms. The van der Waals surface area contributed by atoms with E-state index >= 15 is 0 Å². The van der Waals surface area contributed by atoms with Gasteiger partial charge in [-0.2, -0.15) is 0 Å². The van der Waals surface area contributed by atoms with Crippen LogP contribution in [0.15, 0.2) is 0 Å². The number of amides is 3. The minimum absolute atomic E-state index is 0.0401. The largest absolute Gasteiger partial charge is 0.368 e. The van der Waals surface area contributed by atoms with Gasteiger partial charge in [-0.1, -0.05) is 58.3 Å². The van der Waals surface area contributed by atoms with Gasteiger partial charge in [0.05, 0.1) is 5.75 Å². The highest BCUT2D eigenvalue weighted by molar-refractivity contribution is 8.00. The van der Waals surface area contributed by atoms with Gasteiger partial charge in [0, 0.05) is 30.7 Å². The van der Waals surface area contributed by atoms with Gasteiger partial charge in [-0.3, -0.25) is 14.4 Å². The molecule has 1 unspecified atom stereocenters. The second-order valence-corrected chi connectivity index (χ2v) is 9.87. The number of carbonyl (C=O) groups is 3. The van der Waals surface area contributed by atoms with E-state index < -0.39 is 11.9 Å². The monoisotopic (exact) mass is 425 g/mol. The average Bonchev–Trinajstić information content (AvgIpc) is 3.02. The number of carbonyl (C=O) groups excluding carboxylic acids is 3. The van der Waals surface area contributed by atoms with Gasteiger partial charge >= 0.3 is 0 Å². The minimum Gasteiger partial charge on any atom is -0.368 e. The van der Waals surface area contributed by atoms with Crippen LogP contribution in [0.5, 0.6) is 0 Å². The van der Waals surface area contributed by atoms with E-state index in [1.165, 1.54) is 64.2 Å². The lowest BCUT2D eigenvalue weighted by Crippen LogP contribution is -2.45. The summed E-state index contributed by atoms with van der Waals surface area (Å²) in [5.41, 5.74) is 5.41. The number of hydrogen-bond donors (Lipinski definition) is 2. The Hall–Kier alpha value is -1.24. The van der Waals surface area contributed by atoms with Crippen molar-refractivity contribution in [3.63, 3.8) is 0 Å². The summed E-state index contributed by atoms with van der Waals surface area (Å²) in [5, 5.41) is 3.58. The first kappa shape index (κ1) is 24.0. The van der Waals surface area contributed by atoms with Crippen LogP contribution in [0.25, 0.3) is 0 Å². The van der Waals surface area contributed by atoms with E-state index in [0.29, 0.717) is 36.9 Å². The molecule has 3 amide bonds. The Balaban J connectivity index is 1.69. The van der Waals surface area contributed by atoms with E-state index in [0.717, 1.165) is 0 Å². The fraction of sp³-hybridized carbons (Fsp3) is 0.864. The summed E-state index contributed by atoms with van der Waals surface area (Å²) in [6, 6.07) is -0.532. The second kappa shape index (κ2) is 13.1. The first-order valence-electron chi connectivity index (χ1n) is 11.5.